The number of nitrogens with two attached hydrogens (primary N) is 1. The second-order valence-electron chi connectivity index (χ2n) is 3.76. The highest BCUT2D eigenvalue weighted by Crippen LogP contribution is 2.19. The van der Waals surface area contributed by atoms with Crippen molar-refractivity contribution in [3.63, 3.8) is 0 Å². The van der Waals surface area contributed by atoms with Gasteiger partial charge >= 0.3 is 0 Å². The van der Waals surface area contributed by atoms with Crippen LogP contribution in [0, 0.1) is 5.82 Å². The van der Waals surface area contributed by atoms with Crippen LogP contribution in [-0.4, -0.2) is 22.3 Å². The van der Waals surface area contributed by atoms with Gasteiger partial charge < -0.3 is 11.1 Å². The molecule has 3 N–H and O–H groups in total. The van der Waals surface area contributed by atoms with Crippen LogP contribution in [-0.2, 0) is 10.8 Å². The summed E-state index contributed by atoms with van der Waals surface area (Å²) < 4.78 is 23.9. The molecule has 0 aromatic heterocycles. The third-order valence-electron chi connectivity index (χ3n) is 2.45. The van der Waals surface area contributed by atoms with Crippen LogP contribution in [0.3, 0.4) is 0 Å². The Balaban J connectivity index is 2.46. The highest BCUT2D eigenvalue weighted by atomic mass is 32.2. The van der Waals surface area contributed by atoms with E-state index in [1.165, 1.54) is 12.1 Å². The van der Waals surface area contributed by atoms with Crippen LogP contribution < -0.4 is 11.1 Å². The van der Waals surface area contributed by atoms with E-state index >= 15 is 0 Å². The molecule has 0 radical (unpaired) electrons. The molecule has 1 rings (SSSR count). The summed E-state index contributed by atoms with van der Waals surface area (Å²) in [5.74, 6) is -0.342. The molecule has 90 valence electrons. The molecule has 0 bridgehead atoms. The second kappa shape index (κ2) is 5.84. The van der Waals surface area contributed by atoms with Gasteiger partial charge in [-0.05, 0) is 24.6 Å². The van der Waals surface area contributed by atoms with E-state index in [4.69, 9.17) is 5.73 Å². The number of hydrogen-bond acceptors (Lipinski definition) is 3. The highest BCUT2D eigenvalue weighted by Gasteiger charge is 2.06. The Morgan fingerprint density at radius 3 is 2.81 bits per heavy atom. The molecular formula is C11H17FN2OS. The third-order valence-corrected chi connectivity index (χ3v) is 3.82. The maximum Gasteiger partial charge on any atom is 0.125 e. The maximum atomic E-state index is 12.8. The number of hydrogen-bond donors (Lipinski definition) is 2. The summed E-state index contributed by atoms with van der Waals surface area (Å²) in [6.07, 6.45) is 2.48. The van der Waals surface area contributed by atoms with Gasteiger partial charge in [0.15, 0.2) is 0 Å². The summed E-state index contributed by atoms with van der Waals surface area (Å²) in [4.78, 5) is 0. The molecular weight excluding hydrogens is 227 g/mol. The van der Waals surface area contributed by atoms with Crippen LogP contribution in [0.1, 0.15) is 13.3 Å². The van der Waals surface area contributed by atoms with E-state index in [2.05, 4.69) is 5.32 Å². The van der Waals surface area contributed by atoms with Gasteiger partial charge in [0.25, 0.3) is 0 Å². The standard InChI is InChI=1S/C11H17FN2OS/c1-8(16(2)15)5-6-14-11-4-3-9(12)7-10(11)13/h3-4,7-8,14H,5-6,13H2,1-2H3. The molecule has 0 aliphatic rings. The summed E-state index contributed by atoms with van der Waals surface area (Å²) in [6, 6.07) is 4.25. The molecule has 3 nitrogen and oxygen atoms in total. The summed E-state index contributed by atoms with van der Waals surface area (Å²) >= 11 is 0. The molecule has 0 spiro atoms. The molecule has 16 heavy (non-hydrogen) atoms. The molecule has 1 aromatic rings. The minimum atomic E-state index is -0.808. The van der Waals surface area contributed by atoms with Crippen molar-refractivity contribution < 1.29 is 8.60 Å². The van der Waals surface area contributed by atoms with Gasteiger partial charge in [-0.15, -0.1) is 0 Å². The predicted octanol–water partition coefficient (Wildman–Crippen LogP) is 1.98. The second-order valence-corrected chi connectivity index (χ2v) is 5.56. The van der Waals surface area contributed by atoms with Crippen LogP contribution in [0.5, 0.6) is 0 Å². The van der Waals surface area contributed by atoms with Crippen molar-refractivity contribution in [2.24, 2.45) is 0 Å². The summed E-state index contributed by atoms with van der Waals surface area (Å²) in [6.45, 7) is 2.61. The number of nitrogens with one attached hydrogen (secondary N) is 1. The smallest absolute Gasteiger partial charge is 0.125 e. The van der Waals surface area contributed by atoms with Crippen LogP contribution in [0.4, 0.5) is 15.8 Å². The largest absolute Gasteiger partial charge is 0.397 e. The Morgan fingerprint density at radius 1 is 1.56 bits per heavy atom. The molecule has 0 aliphatic heterocycles. The Hall–Kier alpha value is -1.10. The fraction of sp³-hybridized carbons (Fsp3) is 0.455. The Kier molecular flexibility index (Phi) is 4.73. The van der Waals surface area contributed by atoms with E-state index in [0.717, 1.165) is 12.1 Å². The zero-order valence-corrected chi connectivity index (χ0v) is 10.3. The van der Waals surface area contributed by atoms with E-state index in [9.17, 15) is 8.60 Å². The SMILES string of the molecule is CC(CCNc1ccc(F)cc1N)S(C)=O. The highest BCUT2D eigenvalue weighted by molar-refractivity contribution is 7.84. The van der Waals surface area contributed by atoms with Crippen molar-refractivity contribution in [1.29, 1.82) is 0 Å². The first-order chi connectivity index (χ1) is 7.50. The lowest BCUT2D eigenvalue weighted by atomic mass is 10.2. The van der Waals surface area contributed by atoms with E-state index in [1.54, 1.807) is 12.3 Å². The number of halogens is 1. The van der Waals surface area contributed by atoms with E-state index in [-0.39, 0.29) is 11.1 Å². The lowest BCUT2D eigenvalue weighted by Crippen LogP contribution is -2.15. The normalized spacial score (nSPS) is 14.4. The molecule has 2 unspecified atom stereocenters. The maximum absolute atomic E-state index is 12.8. The van der Waals surface area contributed by atoms with E-state index in [1.807, 2.05) is 6.92 Å². The Morgan fingerprint density at radius 2 is 2.25 bits per heavy atom. The van der Waals surface area contributed by atoms with Crippen molar-refractivity contribution in [1.82, 2.24) is 0 Å². The van der Waals surface area contributed by atoms with Crippen LogP contribution in [0.2, 0.25) is 0 Å². The van der Waals surface area contributed by atoms with Gasteiger partial charge in [-0.1, -0.05) is 6.92 Å². The van der Waals surface area contributed by atoms with Crippen molar-refractivity contribution in [3.8, 4) is 0 Å². The molecule has 0 fully saturated rings. The Bertz CT molecular complexity index is 384. The van der Waals surface area contributed by atoms with Gasteiger partial charge in [0.05, 0.1) is 11.4 Å². The first-order valence-corrected chi connectivity index (χ1v) is 6.74. The van der Waals surface area contributed by atoms with E-state index in [0.29, 0.717) is 12.2 Å². The molecule has 5 heteroatoms. The minimum Gasteiger partial charge on any atom is -0.397 e. The molecule has 0 saturated carbocycles. The molecule has 1 aromatic carbocycles. The van der Waals surface area contributed by atoms with Gasteiger partial charge in [0.1, 0.15) is 5.82 Å². The van der Waals surface area contributed by atoms with Crippen LogP contribution >= 0.6 is 0 Å². The molecule has 2 atom stereocenters. The van der Waals surface area contributed by atoms with Gasteiger partial charge in [-0.3, -0.25) is 4.21 Å². The lowest BCUT2D eigenvalue weighted by Gasteiger charge is -2.11. The fourth-order valence-corrected chi connectivity index (χ4v) is 1.72. The number of benzene rings is 1. The first kappa shape index (κ1) is 13.0. The summed E-state index contributed by atoms with van der Waals surface area (Å²) in [5.41, 5.74) is 6.75. The first-order valence-electron chi connectivity index (χ1n) is 5.12. The number of nitrogen functional groups attached to an aromatic ring is 1. The topological polar surface area (TPSA) is 55.1 Å². The minimum absolute atomic E-state index is 0.147. The number of rotatable bonds is 5. The van der Waals surface area contributed by atoms with Crippen molar-refractivity contribution in [3.05, 3.63) is 24.0 Å². The zero-order chi connectivity index (χ0) is 12.1. The van der Waals surface area contributed by atoms with Gasteiger partial charge in [0, 0.05) is 28.9 Å². The third kappa shape index (κ3) is 3.81. The molecule has 0 saturated heterocycles. The average Bonchev–Trinajstić information content (AvgIpc) is 2.20. The van der Waals surface area contributed by atoms with Crippen molar-refractivity contribution in [2.75, 3.05) is 23.9 Å². The molecule has 0 amide bonds. The lowest BCUT2D eigenvalue weighted by molar-refractivity contribution is 0.628. The van der Waals surface area contributed by atoms with Crippen LogP contribution in [0.25, 0.3) is 0 Å². The average molecular weight is 244 g/mol. The Labute approximate surface area is 97.7 Å². The molecule has 0 heterocycles. The predicted molar refractivity (Wildman–Crippen MR) is 67.4 cm³/mol. The molecule has 0 aliphatic carbocycles. The van der Waals surface area contributed by atoms with Crippen molar-refractivity contribution >= 4 is 22.2 Å². The van der Waals surface area contributed by atoms with Gasteiger partial charge in [0.2, 0.25) is 0 Å². The summed E-state index contributed by atoms with van der Waals surface area (Å²) in [5, 5.41) is 3.25. The van der Waals surface area contributed by atoms with Gasteiger partial charge in [-0.2, -0.15) is 0 Å². The monoisotopic (exact) mass is 244 g/mol. The summed E-state index contributed by atoms with van der Waals surface area (Å²) in [7, 11) is -0.808. The fourth-order valence-electron chi connectivity index (χ4n) is 1.27. The van der Waals surface area contributed by atoms with Crippen LogP contribution in [0.15, 0.2) is 18.2 Å². The van der Waals surface area contributed by atoms with Gasteiger partial charge in [-0.25, -0.2) is 4.39 Å². The van der Waals surface area contributed by atoms with E-state index < -0.39 is 10.8 Å². The zero-order valence-electron chi connectivity index (χ0n) is 9.50. The number of anilines is 2. The van der Waals surface area contributed by atoms with Crippen molar-refractivity contribution in [2.45, 2.75) is 18.6 Å². The quantitative estimate of drug-likeness (QED) is 0.779.